The minimum Gasteiger partial charge on any atom is -0.497 e. The molecule has 24 heavy (non-hydrogen) atoms. The van der Waals surface area contributed by atoms with Gasteiger partial charge in [0.05, 0.1) is 12.0 Å². The smallest absolute Gasteiger partial charge is 0.243 e. The second kappa shape index (κ2) is 6.86. The highest BCUT2D eigenvalue weighted by atomic mass is 32.2. The fourth-order valence-corrected chi connectivity index (χ4v) is 5.68. The lowest BCUT2D eigenvalue weighted by molar-refractivity contribution is 0.0841. The molecule has 0 N–H and O–H groups in total. The highest BCUT2D eigenvalue weighted by Crippen LogP contribution is 2.38. The Morgan fingerprint density at radius 1 is 1.29 bits per heavy atom. The van der Waals surface area contributed by atoms with E-state index in [1.165, 1.54) is 0 Å². The summed E-state index contributed by atoms with van der Waals surface area (Å²) in [6, 6.07) is 6.74. The molecule has 6 heteroatoms. The van der Waals surface area contributed by atoms with Crippen LogP contribution >= 0.6 is 0 Å². The maximum Gasteiger partial charge on any atom is 0.243 e. The quantitative estimate of drug-likeness (QED) is 0.766. The molecular formula is C18H26N2O3S. The van der Waals surface area contributed by atoms with Gasteiger partial charge in [0.25, 0.3) is 0 Å². The van der Waals surface area contributed by atoms with Crippen molar-refractivity contribution in [2.75, 3.05) is 33.3 Å². The Hall–Kier alpha value is -1.37. The highest BCUT2D eigenvalue weighted by Gasteiger charge is 2.46. The Morgan fingerprint density at radius 3 is 2.75 bits per heavy atom. The normalized spacial score (nSPS) is 25.9. The Labute approximate surface area is 145 Å². The molecule has 2 fully saturated rings. The number of hydrogen-bond donors (Lipinski definition) is 0. The van der Waals surface area contributed by atoms with Gasteiger partial charge in [-0.15, -0.1) is 6.58 Å². The molecule has 0 aromatic heterocycles. The van der Waals surface area contributed by atoms with Gasteiger partial charge in [-0.1, -0.05) is 12.1 Å². The van der Waals surface area contributed by atoms with Crippen LogP contribution in [0.2, 0.25) is 0 Å². The summed E-state index contributed by atoms with van der Waals surface area (Å²) in [4.78, 5) is 2.72. The van der Waals surface area contributed by atoms with Crippen LogP contribution in [-0.2, 0) is 10.0 Å². The third-order valence-corrected chi connectivity index (χ3v) is 7.13. The van der Waals surface area contributed by atoms with Crippen LogP contribution in [0, 0.1) is 0 Å². The zero-order valence-corrected chi connectivity index (χ0v) is 15.1. The lowest BCUT2D eigenvalue weighted by atomic mass is 9.87. The number of rotatable bonds is 5. The third-order valence-electron chi connectivity index (χ3n) is 5.29. The molecule has 1 aromatic rings. The molecule has 1 aromatic carbocycles. The van der Waals surface area contributed by atoms with Crippen molar-refractivity contribution in [2.45, 2.75) is 36.1 Å². The first-order chi connectivity index (χ1) is 11.5. The molecule has 0 saturated carbocycles. The molecule has 0 amide bonds. The molecule has 5 nitrogen and oxygen atoms in total. The van der Waals surface area contributed by atoms with E-state index >= 15 is 0 Å². The SMILES string of the molecule is C=CCN1CCC[C@]12CCCN(S(=O)(=O)c1cccc(OC)c1)C2. The Kier molecular flexibility index (Phi) is 4.99. The maximum absolute atomic E-state index is 13.1. The van der Waals surface area contributed by atoms with E-state index in [1.54, 1.807) is 35.7 Å². The van der Waals surface area contributed by atoms with Crippen LogP contribution in [0.15, 0.2) is 41.8 Å². The lowest BCUT2D eigenvalue weighted by Gasteiger charge is -2.45. The number of sulfonamides is 1. The molecule has 0 bridgehead atoms. The van der Waals surface area contributed by atoms with Crippen LogP contribution in [0.3, 0.4) is 0 Å². The standard InChI is InChI=1S/C18H26N2O3S/c1-3-11-19-12-5-9-18(19)10-6-13-20(15-18)24(21,22)17-8-4-7-16(14-17)23-2/h3-4,7-8,14H,1,5-6,9-13,15H2,2H3/t18-/m1/s1. The summed E-state index contributed by atoms with van der Waals surface area (Å²) in [5.74, 6) is 0.567. The molecule has 0 aliphatic carbocycles. The van der Waals surface area contributed by atoms with Crippen LogP contribution < -0.4 is 4.74 Å². The van der Waals surface area contributed by atoms with E-state index in [4.69, 9.17) is 4.74 Å². The number of ether oxygens (including phenoxy) is 1. The molecule has 2 saturated heterocycles. The van der Waals surface area contributed by atoms with Crippen LogP contribution in [0.4, 0.5) is 0 Å². The van der Waals surface area contributed by atoms with E-state index in [9.17, 15) is 8.42 Å². The van der Waals surface area contributed by atoms with E-state index in [2.05, 4.69) is 11.5 Å². The van der Waals surface area contributed by atoms with E-state index in [0.29, 0.717) is 23.7 Å². The van der Waals surface area contributed by atoms with Crippen LogP contribution in [0.5, 0.6) is 5.75 Å². The molecule has 2 aliphatic rings. The summed E-state index contributed by atoms with van der Waals surface area (Å²) >= 11 is 0. The predicted molar refractivity (Wildman–Crippen MR) is 94.7 cm³/mol. The minimum atomic E-state index is -3.50. The number of methoxy groups -OCH3 is 1. The largest absolute Gasteiger partial charge is 0.497 e. The van der Waals surface area contributed by atoms with Gasteiger partial charge in [0.2, 0.25) is 10.0 Å². The van der Waals surface area contributed by atoms with Crippen LogP contribution in [0.1, 0.15) is 25.7 Å². The van der Waals surface area contributed by atoms with Gasteiger partial charge >= 0.3 is 0 Å². The molecule has 1 spiro atoms. The lowest BCUT2D eigenvalue weighted by Crippen LogP contribution is -2.56. The summed E-state index contributed by atoms with van der Waals surface area (Å²) in [7, 11) is -1.95. The van der Waals surface area contributed by atoms with E-state index in [0.717, 1.165) is 38.8 Å². The second-order valence-electron chi connectivity index (χ2n) is 6.68. The first kappa shape index (κ1) is 17.5. The maximum atomic E-state index is 13.1. The van der Waals surface area contributed by atoms with Crippen molar-refractivity contribution >= 4 is 10.0 Å². The number of piperidine rings is 1. The fourth-order valence-electron chi connectivity index (χ4n) is 4.08. The predicted octanol–water partition coefficient (Wildman–Crippen LogP) is 2.50. The Balaban J connectivity index is 1.87. The average Bonchev–Trinajstić information content (AvgIpc) is 2.97. The molecule has 0 radical (unpaired) electrons. The molecule has 2 aliphatic heterocycles. The zero-order chi connectivity index (χ0) is 17.2. The minimum absolute atomic E-state index is 0.0294. The van der Waals surface area contributed by atoms with E-state index in [-0.39, 0.29) is 5.54 Å². The molecule has 0 unspecified atom stereocenters. The second-order valence-corrected chi connectivity index (χ2v) is 8.62. The van der Waals surface area contributed by atoms with Gasteiger partial charge in [0.1, 0.15) is 5.75 Å². The monoisotopic (exact) mass is 350 g/mol. The fraction of sp³-hybridized carbons (Fsp3) is 0.556. The van der Waals surface area contributed by atoms with Gasteiger partial charge in [0.15, 0.2) is 0 Å². The number of nitrogens with zero attached hydrogens (tertiary/aromatic N) is 2. The van der Waals surface area contributed by atoms with Crippen molar-refractivity contribution in [3.63, 3.8) is 0 Å². The van der Waals surface area contributed by atoms with Gasteiger partial charge in [-0.3, -0.25) is 4.90 Å². The molecule has 2 heterocycles. The van der Waals surface area contributed by atoms with Crippen molar-refractivity contribution in [1.82, 2.24) is 9.21 Å². The molecule has 3 rings (SSSR count). The van der Waals surface area contributed by atoms with Crippen molar-refractivity contribution in [3.8, 4) is 5.75 Å². The van der Waals surface area contributed by atoms with Crippen molar-refractivity contribution < 1.29 is 13.2 Å². The summed E-state index contributed by atoms with van der Waals surface area (Å²) in [5, 5.41) is 0. The summed E-state index contributed by atoms with van der Waals surface area (Å²) in [5.41, 5.74) is -0.0294. The Morgan fingerprint density at radius 2 is 2.04 bits per heavy atom. The van der Waals surface area contributed by atoms with E-state index in [1.807, 2.05) is 6.08 Å². The third kappa shape index (κ3) is 3.10. The number of hydrogen-bond acceptors (Lipinski definition) is 4. The highest BCUT2D eigenvalue weighted by molar-refractivity contribution is 7.89. The van der Waals surface area contributed by atoms with Crippen molar-refractivity contribution in [3.05, 3.63) is 36.9 Å². The van der Waals surface area contributed by atoms with Gasteiger partial charge in [0, 0.05) is 31.2 Å². The van der Waals surface area contributed by atoms with Crippen LogP contribution in [0.25, 0.3) is 0 Å². The van der Waals surface area contributed by atoms with Gasteiger partial charge < -0.3 is 4.74 Å². The van der Waals surface area contributed by atoms with E-state index < -0.39 is 10.0 Å². The summed E-state index contributed by atoms with van der Waals surface area (Å²) < 4.78 is 33.0. The van der Waals surface area contributed by atoms with Crippen molar-refractivity contribution in [1.29, 1.82) is 0 Å². The first-order valence-electron chi connectivity index (χ1n) is 8.52. The number of benzene rings is 1. The Bertz CT molecular complexity index is 704. The first-order valence-corrected chi connectivity index (χ1v) is 9.96. The zero-order valence-electron chi connectivity index (χ0n) is 14.3. The topological polar surface area (TPSA) is 49.9 Å². The number of likely N-dealkylation sites (tertiary alicyclic amines) is 1. The summed E-state index contributed by atoms with van der Waals surface area (Å²) in [6.07, 6.45) is 6.07. The van der Waals surface area contributed by atoms with Crippen LogP contribution in [-0.4, -0.2) is 56.5 Å². The summed E-state index contributed by atoms with van der Waals surface area (Å²) in [6.45, 7) is 6.86. The van der Waals surface area contributed by atoms with Gasteiger partial charge in [-0.05, 0) is 44.4 Å². The molecule has 132 valence electrons. The van der Waals surface area contributed by atoms with Gasteiger partial charge in [-0.2, -0.15) is 4.31 Å². The average molecular weight is 350 g/mol. The molecule has 1 atom stereocenters. The van der Waals surface area contributed by atoms with Gasteiger partial charge in [-0.25, -0.2) is 8.42 Å². The molecular weight excluding hydrogens is 324 g/mol. The van der Waals surface area contributed by atoms with Crippen molar-refractivity contribution in [2.24, 2.45) is 0 Å².